The maximum atomic E-state index is 13.7. The predicted octanol–water partition coefficient (Wildman–Crippen LogP) is 22.3. The molecule has 17 aromatic rings. The van der Waals surface area contributed by atoms with Crippen LogP contribution >= 0.6 is 22.6 Å². The van der Waals surface area contributed by atoms with Crippen molar-refractivity contribution in [2.75, 3.05) is 21.3 Å². The Morgan fingerprint density at radius 2 is 0.774 bits per heavy atom. The molecule has 0 radical (unpaired) electrons. The van der Waals surface area contributed by atoms with Crippen molar-refractivity contribution in [3.8, 4) is 101 Å². The zero-order valence-corrected chi connectivity index (χ0v) is 78.3. The van der Waals surface area contributed by atoms with Crippen molar-refractivity contribution in [2.24, 2.45) is 0 Å². The van der Waals surface area contributed by atoms with Crippen LogP contribution in [-0.2, 0) is 39.8 Å². The molecule has 1 aliphatic rings. The number of nitrogens with zero attached hydrogens (tertiary/aromatic N) is 12. The van der Waals surface area contributed by atoms with Gasteiger partial charge in [0.05, 0.1) is 88.6 Å². The molecule has 137 heavy (non-hydrogen) atoms. The first-order valence-corrected chi connectivity index (χ1v) is 45.2. The summed E-state index contributed by atoms with van der Waals surface area (Å²) in [6.45, 7) is 17.9. The second-order valence-corrected chi connectivity index (χ2v) is 36.5. The monoisotopic (exact) mass is 2030 g/mol. The molecule has 30 nitrogen and oxygen atoms in total. The minimum atomic E-state index is -5.12. The van der Waals surface area contributed by atoms with Gasteiger partial charge < -0.3 is 56.1 Å². The van der Waals surface area contributed by atoms with E-state index in [1.807, 2.05) is 37.5 Å². The van der Waals surface area contributed by atoms with E-state index >= 15 is 0 Å². The summed E-state index contributed by atoms with van der Waals surface area (Å²) in [7, 11) is -4.59. The number of carbonyl (C=O) groups is 3. The Labute approximate surface area is 786 Å². The number of hydrogen-bond donors (Lipinski definition) is 1. The van der Waals surface area contributed by atoms with Gasteiger partial charge in [-0.15, -0.1) is 39.5 Å². The number of benzene rings is 5. The van der Waals surface area contributed by atoms with E-state index < -0.39 is 79.8 Å². The van der Waals surface area contributed by atoms with E-state index in [9.17, 15) is 76.0 Å². The van der Waals surface area contributed by atoms with Crippen LogP contribution in [0.25, 0.3) is 122 Å². The van der Waals surface area contributed by atoms with E-state index in [-0.39, 0.29) is 66.2 Å². The van der Waals surface area contributed by atoms with Crippen LogP contribution in [-0.4, -0.2) is 133 Å². The number of nitriles is 1. The fourth-order valence-corrected chi connectivity index (χ4v) is 19.7. The van der Waals surface area contributed by atoms with Gasteiger partial charge >= 0.3 is 37.0 Å². The van der Waals surface area contributed by atoms with Gasteiger partial charge in [-0.1, -0.05) is 56.0 Å². The molecular weight excluding hydrogens is 1960 g/mol. The normalized spacial score (nSPS) is 12.7. The SMILES string of the molecule is COC(=O)c1ccc(-c2c[nH]c3ncc(-c4c(C)noc4C)cc23)c(OC(F)(F)F)c1.COC(=O)c1ccc(-c2cn(C3(CC#N)CCC3)c3ncc(-c4c(C)noc4C)cc23)c(OC(F)(F)F)c1.COC(=O)c1ccc(-c2cn(S(=O)(=O)c3ccc(C)cc3)c3ncc(-c4c(C)noc4C)cc23)c(OC(F)(F)F)c1.Cc1ccc(S(=O)(=O)n2cc(I)c3cc(-c4c(C)noc4C)cnc32)cc1. The molecule has 0 atom stereocenters. The zero-order chi connectivity index (χ0) is 98.6. The Hall–Kier alpha value is -15.0. The standard InChI is InChI=1S/C28H22F3N3O6S.C27H23F3N4O4.C21H16F3N3O4.C19H16IN3O3S/c1-15-5-8-20(9-6-15)41(36,37)34-14-23(21-10-7-18(27(35)38-4)12-24(21)39-28(29,30)31)22-11-19(13-32-26(22)34)25-16(2)33-40-17(25)3;1-15-23(16(2)38-33-15)18-11-20-21(14-34(24(20)32-13-18)26(9-10-31)7-4-8-26)19-6-5-17(25(35)36-3)12-22(19)37-27(28,29)30;1-10-18(11(2)31-27-10)13-6-15-16(9-26-19(15)25-8-13)14-5-4-12(20(28)29-3)7-17(14)30-21(22,23)24;1-11-4-6-15(7-5-11)27(24,25)23-10-17(20)16-8-14(9-21-19(16)23)18-12(2)22-26-13(18)3/h5-14H,1-4H3;5-6,11-14H,4,7-9H2,1-3H3;4-9H,1-3H3,(H,25,26);4-10H,1-3H3. The molecule has 0 spiro atoms. The largest absolute Gasteiger partial charge is 0.573 e. The second-order valence-electron chi connectivity index (χ2n) is 31.7. The smallest absolute Gasteiger partial charge is 0.465 e. The second kappa shape index (κ2) is 37.7. The highest BCUT2D eigenvalue weighted by atomic mass is 127. The number of aromatic amines is 1. The molecular formula is C95H77F9IN13O17S2. The van der Waals surface area contributed by atoms with Crippen LogP contribution in [0.15, 0.2) is 205 Å². The topological polar surface area (TPSA) is 385 Å². The van der Waals surface area contributed by atoms with Crippen molar-refractivity contribution in [2.45, 2.75) is 129 Å². The molecule has 12 aromatic heterocycles. The molecule has 0 unspecified atom stereocenters. The lowest BCUT2D eigenvalue weighted by Gasteiger charge is -2.42. The van der Waals surface area contributed by atoms with Crippen LogP contribution in [0.1, 0.15) is 114 Å². The number of esters is 3. The Bertz CT molecular complexity index is 7820. The Balaban J connectivity index is 0.000000140. The Kier molecular flexibility index (Phi) is 26.6. The van der Waals surface area contributed by atoms with Gasteiger partial charge in [0.15, 0.2) is 11.3 Å². The molecule has 0 saturated heterocycles. The number of carbonyl (C=O) groups excluding carboxylic acids is 3. The van der Waals surface area contributed by atoms with E-state index in [4.69, 9.17) is 23.1 Å². The molecule has 1 saturated carbocycles. The van der Waals surface area contributed by atoms with Crippen molar-refractivity contribution < 1.29 is 117 Å². The van der Waals surface area contributed by atoms with Crippen LogP contribution in [0.4, 0.5) is 39.5 Å². The number of aryl methyl sites for hydroxylation is 10. The highest BCUT2D eigenvalue weighted by Gasteiger charge is 2.42. The highest BCUT2D eigenvalue weighted by Crippen LogP contribution is 2.50. The maximum absolute atomic E-state index is 13.7. The number of ether oxygens (including phenoxy) is 6. The molecule has 42 heteroatoms. The molecule has 0 amide bonds. The molecule has 0 bridgehead atoms. The van der Waals surface area contributed by atoms with E-state index in [1.165, 1.54) is 71.1 Å². The predicted molar refractivity (Wildman–Crippen MR) is 488 cm³/mol. The summed E-state index contributed by atoms with van der Waals surface area (Å²) >= 11 is 2.13. The van der Waals surface area contributed by atoms with Gasteiger partial charge in [-0.05, 0) is 214 Å². The van der Waals surface area contributed by atoms with Gasteiger partial charge in [-0.2, -0.15) is 5.26 Å². The van der Waals surface area contributed by atoms with Crippen LogP contribution in [0.2, 0.25) is 0 Å². The van der Waals surface area contributed by atoms with Crippen LogP contribution in [0.5, 0.6) is 17.2 Å². The molecule has 0 aliphatic heterocycles. The quantitative estimate of drug-likeness (QED) is 0.0340. The first-order chi connectivity index (χ1) is 64.8. The van der Waals surface area contributed by atoms with Gasteiger partial charge in [0.1, 0.15) is 51.6 Å². The lowest BCUT2D eigenvalue weighted by atomic mass is 9.74. The molecule has 1 aliphatic carbocycles. The Morgan fingerprint density at radius 3 is 1.12 bits per heavy atom. The summed E-state index contributed by atoms with van der Waals surface area (Å²) in [5.74, 6) is -1.91. The highest BCUT2D eigenvalue weighted by molar-refractivity contribution is 14.1. The number of fused-ring (bicyclic) bond motifs is 4. The van der Waals surface area contributed by atoms with Crippen molar-refractivity contribution >= 4 is 105 Å². The summed E-state index contributed by atoms with van der Waals surface area (Å²) in [5, 5.41) is 27.5. The van der Waals surface area contributed by atoms with Crippen LogP contribution in [0.3, 0.4) is 0 Å². The van der Waals surface area contributed by atoms with E-state index in [2.05, 4.69) is 97.6 Å². The molecule has 1 fully saturated rings. The third-order valence-electron chi connectivity index (χ3n) is 22.8. The molecule has 12 heterocycles. The average molecular weight is 2030 g/mol. The van der Waals surface area contributed by atoms with Gasteiger partial charge in [-0.25, -0.2) is 59.1 Å². The van der Waals surface area contributed by atoms with Crippen molar-refractivity contribution in [3.63, 3.8) is 0 Å². The maximum Gasteiger partial charge on any atom is 0.573 e. The van der Waals surface area contributed by atoms with Gasteiger partial charge in [0.25, 0.3) is 20.0 Å². The number of methoxy groups -OCH3 is 3. The van der Waals surface area contributed by atoms with E-state index in [0.717, 1.165) is 111 Å². The third kappa shape index (κ3) is 19.6. The minimum absolute atomic E-state index is 0.0360. The number of H-pyrrole nitrogens is 1. The lowest BCUT2D eigenvalue weighted by molar-refractivity contribution is -0.275. The number of nitrogens with one attached hydrogen (secondary N) is 1. The van der Waals surface area contributed by atoms with Crippen LogP contribution in [0, 0.1) is 84.1 Å². The van der Waals surface area contributed by atoms with Crippen LogP contribution < -0.4 is 14.2 Å². The average Bonchev–Trinajstić information content (AvgIpc) is 1.58. The van der Waals surface area contributed by atoms with Crippen molar-refractivity contribution in [3.05, 3.63) is 254 Å². The van der Waals surface area contributed by atoms with Gasteiger partial charge in [0, 0.05) is 153 Å². The number of aromatic nitrogens is 12. The summed E-state index contributed by atoms with van der Waals surface area (Å²) in [6, 6.07) is 33.2. The van der Waals surface area contributed by atoms with Crippen molar-refractivity contribution in [1.29, 1.82) is 5.26 Å². The number of alkyl halides is 9. The third-order valence-corrected chi connectivity index (χ3v) is 26.9. The fraction of sp³-hybridized carbons (Fsp3) is 0.221. The van der Waals surface area contributed by atoms with Gasteiger partial charge in [-0.3, -0.25) is 0 Å². The number of hydrogen-bond acceptors (Lipinski definition) is 26. The van der Waals surface area contributed by atoms with E-state index in [0.29, 0.717) is 101 Å². The zero-order valence-electron chi connectivity index (χ0n) is 74.5. The molecule has 5 aromatic carbocycles. The molecule has 706 valence electrons. The summed E-state index contributed by atoms with van der Waals surface area (Å²) in [6.07, 6.45) is 0.0000320. The molecule has 1 N–H and O–H groups in total. The molecule has 18 rings (SSSR count). The summed E-state index contributed by atoms with van der Waals surface area (Å²) in [5.41, 5.74) is 11.7. The summed E-state index contributed by atoms with van der Waals surface area (Å²) < 4.78 is 226. The van der Waals surface area contributed by atoms with E-state index in [1.54, 1.807) is 128 Å². The first-order valence-electron chi connectivity index (χ1n) is 41.2. The minimum Gasteiger partial charge on any atom is -0.465 e. The number of halogens is 10. The van der Waals surface area contributed by atoms with Gasteiger partial charge in [0.2, 0.25) is 0 Å². The lowest BCUT2D eigenvalue weighted by Crippen LogP contribution is -2.39. The summed E-state index contributed by atoms with van der Waals surface area (Å²) in [4.78, 5) is 57.0. The number of pyridine rings is 4. The first kappa shape index (κ1) is 96.6. The number of rotatable bonds is 19. The Morgan fingerprint density at radius 1 is 0.438 bits per heavy atom. The fourth-order valence-electron chi connectivity index (χ4n) is 16.2. The van der Waals surface area contributed by atoms with Crippen molar-refractivity contribution in [1.82, 2.24) is 58.1 Å².